The summed E-state index contributed by atoms with van der Waals surface area (Å²) in [6.45, 7) is 1.97. The van der Waals surface area contributed by atoms with E-state index in [1.54, 1.807) is 36.6 Å². The average Bonchev–Trinajstić information content (AvgIpc) is 3.20. The zero-order valence-corrected chi connectivity index (χ0v) is 19.7. The number of carbonyl (C=O) groups is 1. The molecule has 9 heteroatoms. The molecule has 0 saturated heterocycles. The third kappa shape index (κ3) is 5.27. The van der Waals surface area contributed by atoms with Gasteiger partial charge in [0, 0.05) is 10.6 Å². The van der Waals surface area contributed by atoms with Crippen LogP contribution in [0.5, 0.6) is 5.75 Å². The van der Waals surface area contributed by atoms with E-state index in [0.717, 1.165) is 26.8 Å². The Hall–Kier alpha value is -2.94. The molecule has 0 bridgehead atoms. The highest BCUT2D eigenvalue weighted by atomic mass is 35.5. The lowest BCUT2D eigenvalue weighted by Gasteiger charge is -2.10. The topological polar surface area (TPSA) is 77.0 Å². The smallest absolute Gasteiger partial charge is 0.234 e. The lowest BCUT2D eigenvalue weighted by Crippen LogP contribution is -2.14. The molecule has 2 aromatic heterocycles. The number of ether oxygens (including phenoxy) is 1. The van der Waals surface area contributed by atoms with Crippen molar-refractivity contribution < 1.29 is 9.53 Å². The number of anilines is 1. The Kier molecular flexibility index (Phi) is 7.04. The van der Waals surface area contributed by atoms with Gasteiger partial charge in [-0.05, 0) is 37.3 Å². The maximum Gasteiger partial charge on any atom is 0.234 e. The molecule has 0 atom stereocenters. The highest BCUT2D eigenvalue weighted by Crippen LogP contribution is 2.34. The first-order valence-electron chi connectivity index (χ1n) is 9.66. The van der Waals surface area contributed by atoms with Gasteiger partial charge in [-0.25, -0.2) is 4.98 Å². The number of hydrogen-bond acceptors (Lipinski definition) is 7. The number of nitrogens with zero attached hydrogens (tertiary/aromatic N) is 3. The predicted molar refractivity (Wildman–Crippen MR) is 131 cm³/mol. The molecule has 0 aliphatic rings. The number of benzene rings is 2. The van der Waals surface area contributed by atoms with Gasteiger partial charge < -0.3 is 10.1 Å². The Labute approximate surface area is 199 Å². The Morgan fingerprint density at radius 3 is 2.66 bits per heavy atom. The van der Waals surface area contributed by atoms with Gasteiger partial charge in [0.15, 0.2) is 0 Å². The molecule has 0 radical (unpaired) electrons. The molecular weight excluding hydrogens is 464 g/mol. The van der Waals surface area contributed by atoms with Gasteiger partial charge in [0.2, 0.25) is 5.91 Å². The van der Waals surface area contributed by atoms with E-state index in [2.05, 4.69) is 20.5 Å². The van der Waals surface area contributed by atoms with Crippen LogP contribution in [0.3, 0.4) is 0 Å². The molecule has 0 saturated carbocycles. The standard InChI is InChI=1S/C23H19ClN4O2S2/c1-14-22(32-23(25-14)15-6-4-3-5-7-15)17-9-11-21(28-27-17)31-13-20(29)26-18-12-16(24)8-10-19(18)30-2/h3-12H,13H2,1-2H3,(H,26,29). The van der Waals surface area contributed by atoms with Crippen LogP contribution in [0.25, 0.3) is 21.1 Å². The number of thioether (sulfide) groups is 1. The van der Waals surface area contributed by atoms with Crippen LogP contribution >= 0.6 is 34.7 Å². The van der Waals surface area contributed by atoms with Crippen LogP contribution in [-0.2, 0) is 4.79 Å². The molecular formula is C23H19ClN4O2S2. The summed E-state index contributed by atoms with van der Waals surface area (Å²) in [5.41, 5.74) is 3.29. The molecule has 1 N–H and O–H groups in total. The van der Waals surface area contributed by atoms with Crippen LogP contribution < -0.4 is 10.1 Å². The normalized spacial score (nSPS) is 10.7. The largest absolute Gasteiger partial charge is 0.495 e. The Morgan fingerprint density at radius 2 is 1.94 bits per heavy atom. The van der Waals surface area contributed by atoms with Crippen molar-refractivity contribution in [2.45, 2.75) is 11.9 Å². The number of aromatic nitrogens is 3. The van der Waals surface area contributed by atoms with E-state index >= 15 is 0 Å². The van der Waals surface area contributed by atoms with E-state index in [0.29, 0.717) is 21.5 Å². The molecule has 1 amide bonds. The van der Waals surface area contributed by atoms with Gasteiger partial charge in [0.25, 0.3) is 0 Å². The minimum absolute atomic E-state index is 0.182. The van der Waals surface area contributed by atoms with Crippen molar-refractivity contribution >= 4 is 46.3 Å². The lowest BCUT2D eigenvalue weighted by molar-refractivity contribution is -0.113. The van der Waals surface area contributed by atoms with Crippen LogP contribution in [-0.4, -0.2) is 34.0 Å². The summed E-state index contributed by atoms with van der Waals surface area (Å²) in [6, 6.07) is 18.9. The molecule has 0 fully saturated rings. The molecule has 0 unspecified atom stereocenters. The van der Waals surface area contributed by atoms with E-state index in [-0.39, 0.29) is 11.7 Å². The van der Waals surface area contributed by atoms with E-state index in [9.17, 15) is 4.79 Å². The van der Waals surface area contributed by atoms with Gasteiger partial charge in [-0.2, -0.15) is 0 Å². The average molecular weight is 483 g/mol. The first kappa shape index (κ1) is 22.3. The third-order valence-electron chi connectivity index (χ3n) is 4.48. The summed E-state index contributed by atoms with van der Waals surface area (Å²) in [6.07, 6.45) is 0. The molecule has 2 aromatic carbocycles. The second-order valence-electron chi connectivity index (χ2n) is 6.74. The predicted octanol–water partition coefficient (Wildman–Crippen LogP) is 5.97. The molecule has 2 heterocycles. The fraction of sp³-hybridized carbons (Fsp3) is 0.130. The molecule has 6 nitrogen and oxygen atoms in total. The quantitative estimate of drug-likeness (QED) is 0.327. The van der Waals surface area contributed by atoms with E-state index in [1.165, 1.54) is 11.8 Å². The number of thiazole rings is 1. The summed E-state index contributed by atoms with van der Waals surface area (Å²) in [4.78, 5) is 18.0. The first-order valence-corrected chi connectivity index (χ1v) is 11.8. The van der Waals surface area contributed by atoms with Crippen LogP contribution in [0.15, 0.2) is 65.7 Å². The fourth-order valence-corrected chi connectivity index (χ4v) is 4.78. The van der Waals surface area contributed by atoms with Crippen molar-refractivity contribution in [2.24, 2.45) is 0 Å². The minimum atomic E-state index is -0.188. The number of methoxy groups -OCH3 is 1. The van der Waals surface area contributed by atoms with Gasteiger partial charge in [-0.15, -0.1) is 21.5 Å². The molecule has 4 aromatic rings. The summed E-state index contributed by atoms with van der Waals surface area (Å²) in [5, 5.41) is 13.6. The number of aryl methyl sites for hydroxylation is 1. The second-order valence-corrected chi connectivity index (χ2v) is 9.17. The van der Waals surface area contributed by atoms with Crippen molar-refractivity contribution in [3.63, 3.8) is 0 Å². The summed E-state index contributed by atoms with van der Waals surface area (Å²) >= 11 is 8.90. The highest BCUT2D eigenvalue weighted by molar-refractivity contribution is 7.99. The summed E-state index contributed by atoms with van der Waals surface area (Å²) < 4.78 is 5.25. The van der Waals surface area contributed by atoms with Gasteiger partial charge in [-0.3, -0.25) is 4.79 Å². The second kappa shape index (κ2) is 10.1. The monoisotopic (exact) mass is 482 g/mol. The van der Waals surface area contributed by atoms with E-state index < -0.39 is 0 Å². The van der Waals surface area contributed by atoms with Crippen molar-refractivity contribution in [2.75, 3.05) is 18.2 Å². The van der Waals surface area contributed by atoms with Crippen LogP contribution in [0.4, 0.5) is 5.69 Å². The number of halogens is 1. The molecule has 0 aliphatic heterocycles. The molecule has 162 valence electrons. The van der Waals surface area contributed by atoms with Crippen molar-refractivity contribution in [3.8, 4) is 26.9 Å². The summed E-state index contributed by atoms with van der Waals surface area (Å²) in [5.74, 6) is 0.542. The molecule has 0 aliphatic carbocycles. The fourth-order valence-electron chi connectivity index (χ4n) is 2.96. The summed E-state index contributed by atoms with van der Waals surface area (Å²) in [7, 11) is 1.54. The van der Waals surface area contributed by atoms with Crippen LogP contribution in [0.1, 0.15) is 5.69 Å². The molecule has 32 heavy (non-hydrogen) atoms. The van der Waals surface area contributed by atoms with E-state index in [1.807, 2.05) is 49.4 Å². The zero-order valence-electron chi connectivity index (χ0n) is 17.3. The van der Waals surface area contributed by atoms with Gasteiger partial charge in [0.1, 0.15) is 21.5 Å². The highest BCUT2D eigenvalue weighted by Gasteiger charge is 2.14. The SMILES string of the molecule is COc1ccc(Cl)cc1NC(=O)CSc1ccc(-c2sc(-c3ccccc3)nc2C)nn1. The number of rotatable bonds is 7. The minimum Gasteiger partial charge on any atom is -0.495 e. The zero-order chi connectivity index (χ0) is 22.5. The first-order chi connectivity index (χ1) is 15.5. The number of carbonyl (C=O) groups excluding carboxylic acids is 1. The Balaban J connectivity index is 1.40. The van der Waals surface area contributed by atoms with Crippen molar-refractivity contribution in [3.05, 3.63) is 71.4 Å². The Morgan fingerprint density at radius 1 is 1.12 bits per heavy atom. The third-order valence-corrected chi connectivity index (χ3v) is 6.86. The molecule has 0 spiro atoms. The van der Waals surface area contributed by atoms with E-state index in [4.69, 9.17) is 16.3 Å². The van der Waals surface area contributed by atoms with Gasteiger partial charge >= 0.3 is 0 Å². The maximum absolute atomic E-state index is 12.4. The number of nitrogens with one attached hydrogen (secondary N) is 1. The van der Waals surface area contributed by atoms with Crippen molar-refractivity contribution in [1.82, 2.24) is 15.2 Å². The van der Waals surface area contributed by atoms with Gasteiger partial charge in [-0.1, -0.05) is 53.7 Å². The lowest BCUT2D eigenvalue weighted by atomic mass is 10.2. The number of hydrogen-bond donors (Lipinski definition) is 1. The van der Waals surface area contributed by atoms with Crippen LogP contribution in [0, 0.1) is 6.92 Å². The van der Waals surface area contributed by atoms with Crippen molar-refractivity contribution in [1.29, 1.82) is 0 Å². The van der Waals surface area contributed by atoms with Crippen LogP contribution in [0.2, 0.25) is 5.02 Å². The Bertz CT molecular complexity index is 1230. The van der Waals surface area contributed by atoms with Gasteiger partial charge in [0.05, 0.1) is 29.1 Å². The maximum atomic E-state index is 12.4. The number of amides is 1. The molecule has 4 rings (SSSR count).